The van der Waals surface area contributed by atoms with Gasteiger partial charge in [-0.1, -0.05) is 26.2 Å². The molecule has 0 aliphatic heterocycles. The van der Waals surface area contributed by atoms with Crippen molar-refractivity contribution in [2.24, 2.45) is 0 Å². The number of aryl methyl sites for hydroxylation is 1. The summed E-state index contributed by atoms with van der Waals surface area (Å²) in [5, 5.41) is 18.9. The topological polar surface area (TPSA) is 83.8 Å². The second-order valence-corrected chi connectivity index (χ2v) is 4.66. The summed E-state index contributed by atoms with van der Waals surface area (Å²) in [4.78, 5) is 22.1. The molecule has 0 radical (unpaired) electrons. The number of carbonyl (C=O) groups is 2. The van der Waals surface area contributed by atoms with Gasteiger partial charge in [0.1, 0.15) is 17.1 Å². The number of benzene rings is 1. The van der Waals surface area contributed by atoms with Crippen LogP contribution in [0.2, 0.25) is 0 Å². The van der Waals surface area contributed by atoms with Crippen LogP contribution in [0.15, 0.2) is 6.07 Å². The van der Waals surface area contributed by atoms with Crippen LogP contribution in [0.4, 0.5) is 0 Å². The van der Waals surface area contributed by atoms with E-state index in [4.69, 9.17) is 9.84 Å². The van der Waals surface area contributed by atoms with E-state index in [-0.39, 0.29) is 16.9 Å². The SMILES string of the molecule is CCCCCCOc1cc(C)c(C(=O)O)c(O)c1C=O. The van der Waals surface area contributed by atoms with Gasteiger partial charge in [0.2, 0.25) is 0 Å². The molecule has 0 fully saturated rings. The number of unbranched alkanes of at least 4 members (excludes halogenated alkanes) is 3. The van der Waals surface area contributed by atoms with Gasteiger partial charge in [-0.25, -0.2) is 4.79 Å². The minimum atomic E-state index is -1.27. The van der Waals surface area contributed by atoms with Gasteiger partial charge in [-0.3, -0.25) is 4.79 Å². The van der Waals surface area contributed by atoms with E-state index in [1.54, 1.807) is 6.92 Å². The molecular formula is C15H20O5. The van der Waals surface area contributed by atoms with Gasteiger partial charge in [-0.2, -0.15) is 0 Å². The van der Waals surface area contributed by atoms with Crippen LogP contribution in [-0.2, 0) is 0 Å². The zero-order valence-electron chi connectivity index (χ0n) is 11.8. The Hall–Kier alpha value is -2.04. The number of ether oxygens (including phenoxy) is 1. The Morgan fingerprint density at radius 1 is 1.35 bits per heavy atom. The molecular weight excluding hydrogens is 260 g/mol. The molecule has 0 amide bonds. The number of aromatic hydroxyl groups is 1. The highest BCUT2D eigenvalue weighted by atomic mass is 16.5. The van der Waals surface area contributed by atoms with Gasteiger partial charge in [-0.05, 0) is 25.0 Å². The number of aromatic carboxylic acids is 1. The van der Waals surface area contributed by atoms with Crippen LogP contribution >= 0.6 is 0 Å². The first-order valence-electron chi connectivity index (χ1n) is 6.70. The predicted molar refractivity (Wildman–Crippen MR) is 74.8 cm³/mol. The standard InChI is InChI=1S/C15H20O5/c1-3-4-5-6-7-20-12-8-10(2)13(15(18)19)14(17)11(12)9-16/h8-9,17H,3-7H2,1-2H3,(H,18,19). The highest BCUT2D eigenvalue weighted by Gasteiger charge is 2.20. The molecule has 110 valence electrons. The molecule has 5 nitrogen and oxygen atoms in total. The third kappa shape index (κ3) is 3.73. The number of phenols is 1. The number of rotatable bonds is 8. The number of hydrogen-bond donors (Lipinski definition) is 2. The second kappa shape index (κ2) is 7.53. The minimum absolute atomic E-state index is 0.108. The summed E-state index contributed by atoms with van der Waals surface area (Å²) in [6, 6.07) is 1.48. The molecule has 0 spiro atoms. The van der Waals surface area contributed by atoms with Gasteiger partial charge in [0.15, 0.2) is 6.29 Å². The average Bonchev–Trinajstić information content (AvgIpc) is 2.37. The largest absolute Gasteiger partial charge is 0.506 e. The molecule has 0 aromatic heterocycles. The van der Waals surface area contributed by atoms with Gasteiger partial charge in [0.05, 0.1) is 12.2 Å². The van der Waals surface area contributed by atoms with Crippen molar-refractivity contribution in [2.75, 3.05) is 6.61 Å². The maximum absolute atomic E-state index is 11.0. The molecule has 0 unspecified atom stereocenters. The first kappa shape index (κ1) is 16.0. The normalized spacial score (nSPS) is 10.3. The fourth-order valence-electron chi connectivity index (χ4n) is 2.00. The summed E-state index contributed by atoms with van der Waals surface area (Å²) >= 11 is 0. The third-order valence-electron chi connectivity index (χ3n) is 3.09. The van der Waals surface area contributed by atoms with E-state index in [1.165, 1.54) is 6.07 Å². The van der Waals surface area contributed by atoms with Gasteiger partial charge >= 0.3 is 5.97 Å². The number of carbonyl (C=O) groups excluding carboxylic acids is 1. The van der Waals surface area contributed by atoms with Crippen molar-refractivity contribution in [3.63, 3.8) is 0 Å². The van der Waals surface area contributed by atoms with E-state index in [1.807, 2.05) is 0 Å². The summed E-state index contributed by atoms with van der Waals surface area (Å²) in [6.45, 7) is 4.10. The Kier molecular flexibility index (Phi) is 6.03. The molecule has 0 saturated heterocycles. The second-order valence-electron chi connectivity index (χ2n) is 4.66. The average molecular weight is 280 g/mol. The van der Waals surface area contributed by atoms with Crippen LogP contribution in [-0.4, -0.2) is 29.1 Å². The van der Waals surface area contributed by atoms with Gasteiger partial charge < -0.3 is 14.9 Å². The van der Waals surface area contributed by atoms with E-state index in [9.17, 15) is 14.7 Å². The molecule has 0 heterocycles. The fraction of sp³-hybridized carbons (Fsp3) is 0.467. The van der Waals surface area contributed by atoms with Crippen LogP contribution < -0.4 is 4.74 Å². The summed E-state index contributed by atoms with van der Waals surface area (Å²) in [6.07, 6.45) is 4.54. The molecule has 1 aromatic carbocycles. The summed E-state index contributed by atoms with van der Waals surface area (Å²) in [5.74, 6) is -1.56. The highest BCUT2D eigenvalue weighted by molar-refractivity contribution is 5.98. The lowest BCUT2D eigenvalue weighted by molar-refractivity contribution is 0.0693. The number of aldehydes is 1. The lowest BCUT2D eigenvalue weighted by Gasteiger charge is -2.13. The Labute approximate surface area is 118 Å². The quantitative estimate of drug-likeness (QED) is 0.564. The van der Waals surface area contributed by atoms with E-state index < -0.39 is 11.7 Å². The minimum Gasteiger partial charge on any atom is -0.506 e. The fourth-order valence-corrected chi connectivity index (χ4v) is 2.00. The van der Waals surface area contributed by atoms with E-state index >= 15 is 0 Å². The van der Waals surface area contributed by atoms with Crippen LogP contribution in [0.3, 0.4) is 0 Å². The van der Waals surface area contributed by atoms with Crippen molar-refractivity contribution < 1.29 is 24.5 Å². The van der Waals surface area contributed by atoms with Crippen LogP contribution in [0.5, 0.6) is 11.5 Å². The monoisotopic (exact) mass is 280 g/mol. The van der Waals surface area contributed by atoms with Gasteiger partial charge in [0, 0.05) is 0 Å². The first-order valence-corrected chi connectivity index (χ1v) is 6.70. The van der Waals surface area contributed by atoms with Crippen molar-refractivity contribution in [3.8, 4) is 11.5 Å². The lowest BCUT2D eigenvalue weighted by Crippen LogP contribution is -2.06. The lowest BCUT2D eigenvalue weighted by atomic mass is 10.0. The number of carboxylic acids is 1. The van der Waals surface area contributed by atoms with Crippen molar-refractivity contribution in [3.05, 3.63) is 22.8 Å². The maximum atomic E-state index is 11.0. The molecule has 2 N–H and O–H groups in total. The maximum Gasteiger partial charge on any atom is 0.339 e. The smallest absolute Gasteiger partial charge is 0.339 e. The van der Waals surface area contributed by atoms with Crippen LogP contribution in [0.1, 0.15) is 58.9 Å². The molecule has 20 heavy (non-hydrogen) atoms. The van der Waals surface area contributed by atoms with Crippen molar-refractivity contribution in [1.29, 1.82) is 0 Å². The zero-order valence-corrected chi connectivity index (χ0v) is 11.8. The Balaban J connectivity index is 2.91. The highest BCUT2D eigenvalue weighted by Crippen LogP contribution is 2.33. The number of hydrogen-bond acceptors (Lipinski definition) is 4. The van der Waals surface area contributed by atoms with E-state index in [0.29, 0.717) is 18.5 Å². The van der Waals surface area contributed by atoms with E-state index in [0.717, 1.165) is 25.7 Å². The molecule has 0 saturated carbocycles. The predicted octanol–water partition coefficient (Wildman–Crippen LogP) is 3.17. The van der Waals surface area contributed by atoms with E-state index in [2.05, 4.69) is 6.92 Å². The Bertz CT molecular complexity index is 494. The molecule has 1 rings (SSSR count). The van der Waals surface area contributed by atoms with Crippen molar-refractivity contribution >= 4 is 12.3 Å². The Morgan fingerprint density at radius 2 is 2.05 bits per heavy atom. The number of carboxylic acid groups (broad SMARTS) is 1. The molecule has 0 aliphatic rings. The zero-order chi connectivity index (χ0) is 15.1. The van der Waals surface area contributed by atoms with Crippen molar-refractivity contribution in [2.45, 2.75) is 39.5 Å². The summed E-state index contributed by atoms with van der Waals surface area (Å²) < 4.78 is 5.49. The Morgan fingerprint density at radius 3 is 2.60 bits per heavy atom. The van der Waals surface area contributed by atoms with Crippen LogP contribution in [0, 0.1) is 6.92 Å². The summed E-state index contributed by atoms with van der Waals surface area (Å²) in [5.41, 5.74) is -0.00178. The first-order chi connectivity index (χ1) is 9.52. The molecule has 0 aliphatic carbocycles. The van der Waals surface area contributed by atoms with Crippen LogP contribution in [0.25, 0.3) is 0 Å². The molecule has 0 bridgehead atoms. The molecule has 0 atom stereocenters. The molecule has 5 heteroatoms. The summed E-state index contributed by atoms with van der Waals surface area (Å²) in [7, 11) is 0. The van der Waals surface area contributed by atoms with Gasteiger partial charge in [0.25, 0.3) is 0 Å². The van der Waals surface area contributed by atoms with Crippen molar-refractivity contribution in [1.82, 2.24) is 0 Å². The van der Waals surface area contributed by atoms with Gasteiger partial charge in [-0.15, -0.1) is 0 Å². The molecule has 1 aromatic rings. The third-order valence-corrected chi connectivity index (χ3v) is 3.09.